The van der Waals surface area contributed by atoms with Crippen LogP contribution in [0.25, 0.3) is 0 Å². The zero-order chi connectivity index (χ0) is 13.1. The molecular formula is C14H17ClN2O. The van der Waals surface area contributed by atoms with Gasteiger partial charge in [-0.3, -0.25) is 0 Å². The van der Waals surface area contributed by atoms with E-state index in [4.69, 9.17) is 16.3 Å². The number of rotatable bonds is 4. The average molecular weight is 265 g/mol. The second-order valence-corrected chi connectivity index (χ2v) is 5.02. The molecule has 0 unspecified atom stereocenters. The van der Waals surface area contributed by atoms with Crippen molar-refractivity contribution in [2.45, 2.75) is 33.4 Å². The van der Waals surface area contributed by atoms with Crippen LogP contribution < -0.4 is 4.74 Å². The minimum absolute atomic E-state index is 0.381. The molecule has 0 amide bonds. The third-order valence-corrected chi connectivity index (χ3v) is 3.06. The summed E-state index contributed by atoms with van der Waals surface area (Å²) in [4.78, 5) is 4.15. The molecule has 0 bridgehead atoms. The van der Waals surface area contributed by atoms with E-state index in [9.17, 15) is 0 Å². The molecule has 96 valence electrons. The standard InChI is InChI=1S/C14H17ClN2O/c1-10(2)17-9-16-7-13(17)8-18-14-6-12(15)5-4-11(14)3/h4-7,9-10H,8H2,1-3H3. The molecule has 0 N–H and O–H groups in total. The van der Waals surface area contributed by atoms with E-state index < -0.39 is 0 Å². The molecule has 1 aromatic carbocycles. The van der Waals surface area contributed by atoms with Gasteiger partial charge in [-0.2, -0.15) is 0 Å². The molecule has 0 aliphatic heterocycles. The number of ether oxygens (including phenoxy) is 1. The highest BCUT2D eigenvalue weighted by Gasteiger charge is 2.07. The Kier molecular flexibility index (Phi) is 3.92. The predicted molar refractivity (Wildman–Crippen MR) is 73.1 cm³/mol. The van der Waals surface area contributed by atoms with Gasteiger partial charge in [0.2, 0.25) is 0 Å². The van der Waals surface area contributed by atoms with Gasteiger partial charge < -0.3 is 9.30 Å². The lowest BCUT2D eigenvalue weighted by Crippen LogP contribution is -2.07. The van der Waals surface area contributed by atoms with Crippen molar-refractivity contribution in [1.82, 2.24) is 9.55 Å². The third kappa shape index (κ3) is 2.85. The molecule has 0 saturated heterocycles. The highest BCUT2D eigenvalue weighted by atomic mass is 35.5. The molecule has 3 nitrogen and oxygen atoms in total. The average Bonchev–Trinajstić information content (AvgIpc) is 2.79. The maximum atomic E-state index is 5.96. The number of benzene rings is 1. The predicted octanol–water partition coefficient (Wildman–Crippen LogP) is 4.00. The molecule has 18 heavy (non-hydrogen) atoms. The van der Waals surface area contributed by atoms with Crippen molar-refractivity contribution in [3.05, 3.63) is 47.0 Å². The van der Waals surface area contributed by atoms with Gasteiger partial charge in [-0.25, -0.2) is 4.98 Å². The van der Waals surface area contributed by atoms with Crippen LogP contribution in [0, 0.1) is 6.92 Å². The SMILES string of the molecule is Cc1ccc(Cl)cc1OCc1cncn1C(C)C. The van der Waals surface area contributed by atoms with Crippen molar-refractivity contribution >= 4 is 11.6 Å². The zero-order valence-corrected chi connectivity index (χ0v) is 11.6. The summed E-state index contributed by atoms with van der Waals surface area (Å²) < 4.78 is 7.90. The van der Waals surface area contributed by atoms with Crippen molar-refractivity contribution in [1.29, 1.82) is 0 Å². The van der Waals surface area contributed by atoms with Gasteiger partial charge in [0.1, 0.15) is 12.4 Å². The first-order chi connectivity index (χ1) is 8.58. The van der Waals surface area contributed by atoms with Gasteiger partial charge in [0.25, 0.3) is 0 Å². The van der Waals surface area contributed by atoms with Gasteiger partial charge in [0.05, 0.1) is 18.2 Å². The largest absolute Gasteiger partial charge is 0.487 e. The van der Waals surface area contributed by atoms with E-state index >= 15 is 0 Å². The number of hydrogen-bond donors (Lipinski definition) is 0. The van der Waals surface area contributed by atoms with Gasteiger partial charge in [0, 0.05) is 11.1 Å². The second kappa shape index (κ2) is 5.44. The number of hydrogen-bond acceptors (Lipinski definition) is 2. The van der Waals surface area contributed by atoms with E-state index in [-0.39, 0.29) is 0 Å². The van der Waals surface area contributed by atoms with Gasteiger partial charge in [-0.1, -0.05) is 17.7 Å². The molecule has 0 radical (unpaired) electrons. The molecular weight excluding hydrogens is 248 g/mol. The van der Waals surface area contributed by atoms with Gasteiger partial charge in [-0.05, 0) is 38.5 Å². The van der Waals surface area contributed by atoms with Crippen LogP contribution in [0.4, 0.5) is 0 Å². The van der Waals surface area contributed by atoms with E-state index in [1.165, 1.54) is 0 Å². The Labute approximate surface area is 112 Å². The van der Waals surface area contributed by atoms with Gasteiger partial charge >= 0.3 is 0 Å². The minimum atomic E-state index is 0.381. The molecule has 4 heteroatoms. The van der Waals surface area contributed by atoms with E-state index in [0.29, 0.717) is 17.7 Å². The van der Waals surface area contributed by atoms with Crippen LogP contribution >= 0.6 is 11.6 Å². The Balaban J connectivity index is 2.11. The molecule has 1 aromatic heterocycles. The lowest BCUT2D eigenvalue weighted by atomic mass is 10.2. The van der Waals surface area contributed by atoms with Crippen LogP contribution in [0.3, 0.4) is 0 Å². The van der Waals surface area contributed by atoms with Crippen molar-refractivity contribution in [3.8, 4) is 5.75 Å². The quantitative estimate of drug-likeness (QED) is 0.834. The van der Waals surface area contributed by atoms with Crippen LogP contribution in [0.5, 0.6) is 5.75 Å². The normalized spacial score (nSPS) is 10.9. The number of nitrogens with zero attached hydrogens (tertiary/aromatic N) is 2. The van der Waals surface area contributed by atoms with Crippen LogP contribution in [0.15, 0.2) is 30.7 Å². The number of aryl methyl sites for hydroxylation is 1. The molecule has 2 aromatic rings. The fourth-order valence-electron chi connectivity index (χ4n) is 1.79. The molecule has 2 rings (SSSR count). The fourth-order valence-corrected chi connectivity index (χ4v) is 1.95. The first kappa shape index (κ1) is 13.0. The summed E-state index contributed by atoms with van der Waals surface area (Å²) >= 11 is 5.96. The Hall–Kier alpha value is -1.48. The van der Waals surface area contributed by atoms with Gasteiger partial charge in [-0.15, -0.1) is 0 Å². The molecule has 1 heterocycles. The topological polar surface area (TPSA) is 27.1 Å². The summed E-state index contributed by atoms with van der Waals surface area (Å²) in [6.07, 6.45) is 3.66. The molecule has 0 aliphatic carbocycles. The number of imidazole rings is 1. The zero-order valence-electron chi connectivity index (χ0n) is 10.9. The van der Waals surface area contributed by atoms with Crippen molar-refractivity contribution in [3.63, 3.8) is 0 Å². The van der Waals surface area contributed by atoms with Crippen molar-refractivity contribution in [2.75, 3.05) is 0 Å². The first-order valence-corrected chi connectivity index (χ1v) is 6.35. The summed E-state index contributed by atoms with van der Waals surface area (Å²) in [7, 11) is 0. The molecule has 0 atom stereocenters. The van der Waals surface area contributed by atoms with Crippen LogP contribution in [-0.2, 0) is 6.61 Å². The minimum Gasteiger partial charge on any atom is -0.487 e. The van der Waals surface area contributed by atoms with E-state index in [1.54, 1.807) is 0 Å². The Morgan fingerprint density at radius 2 is 2.17 bits per heavy atom. The number of halogens is 1. The van der Waals surface area contributed by atoms with Crippen molar-refractivity contribution in [2.24, 2.45) is 0 Å². The Bertz CT molecular complexity index is 534. The van der Waals surface area contributed by atoms with Gasteiger partial charge in [0.15, 0.2) is 0 Å². The summed E-state index contributed by atoms with van der Waals surface area (Å²) in [6.45, 7) is 6.75. The fraction of sp³-hybridized carbons (Fsp3) is 0.357. The van der Waals surface area contributed by atoms with Crippen molar-refractivity contribution < 1.29 is 4.74 Å². The summed E-state index contributed by atoms with van der Waals surface area (Å²) in [5, 5.41) is 0.688. The third-order valence-electron chi connectivity index (χ3n) is 2.83. The molecule has 0 spiro atoms. The Morgan fingerprint density at radius 3 is 2.89 bits per heavy atom. The highest BCUT2D eigenvalue weighted by molar-refractivity contribution is 6.30. The van der Waals surface area contributed by atoms with Crippen LogP contribution in [0.1, 0.15) is 31.1 Å². The summed E-state index contributed by atoms with van der Waals surface area (Å²) in [5.41, 5.74) is 2.14. The van der Waals surface area contributed by atoms with Crippen LogP contribution in [0.2, 0.25) is 5.02 Å². The summed E-state index contributed by atoms with van der Waals surface area (Å²) in [5.74, 6) is 0.819. The smallest absolute Gasteiger partial charge is 0.130 e. The van der Waals surface area contributed by atoms with E-state index in [0.717, 1.165) is 17.0 Å². The van der Waals surface area contributed by atoms with Crippen LogP contribution in [-0.4, -0.2) is 9.55 Å². The molecule has 0 aliphatic rings. The lowest BCUT2D eigenvalue weighted by Gasteiger charge is -2.13. The van der Waals surface area contributed by atoms with E-state index in [1.807, 2.05) is 37.6 Å². The first-order valence-electron chi connectivity index (χ1n) is 5.97. The maximum absolute atomic E-state index is 5.96. The molecule has 0 fully saturated rings. The molecule has 0 saturated carbocycles. The summed E-state index contributed by atoms with van der Waals surface area (Å²) in [6, 6.07) is 6.04. The number of aromatic nitrogens is 2. The lowest BCUT2D eigenvalue weighted by molar-refractivity contribution is 0.290. The highest BCUT2D eigenvalue weighted by Crippen LogP contribution is 2.23. The maximum Gasteiger partial charge on any atom is 0.130 e. The Morgan fingerprint density at radius 1 is 1.39 bits per heavy atom. The second-order valence-electron chi connectivity index (χ2n) is 4.58. The monoisotopic (exact) mass is 264 g/mol. The van der Waals surface area contributed by atoms with E-state index in [2.05, 4.69) is 23.4 Å².